The molecule has 1 fully saturated rings. The van der Waals surface area contributed by atoms with Crippen molar-refractivity contribution in [3.63, 3.8) is 0 Å². The molecule has 0 N–H and O–H groups in total. The van der Waals surface area contributed by atoms with Crippen LogP contribution in [-0.2, 0) is 11.2 Å². The van der Waals surface area contributed by atoms with Crippen LogP contribution in [0.1, 0.15) is 18.1 Å². The average molecular weight is 344 g/mol. The summed E-state index contributed by atoms with van der Waals surface area (Å²) in [4.78, 5) is 26.6. The van der Waals surface area contributed by atoms with E-state index in [1.54, 1.807) is 18.2 Å². The van der Waals surface area contributed by atoms with Crippen LogP contribution in [0, 0.1) is 0 Å². The normalized spacial score (nSPS) is 16.4. The Bertz CT molecular complexity index is 816. The van der Waals surface area contributed by atoms with Gasteiger partial charge in [-0.3, -0.25) is 9.59 Å². The highest BCUT2D eigenvalue weighted by Gasteiger charge is 2.37. The number of benzene rings is 2. The average Bonchev–Trinajstić information content (AvgIpc) is 2.83. The maximum Gasteiger partial charge on any atom is 0.298 e. The van der Waals surface area contributed by atoms with Gasteiger partial charge in [0.25, 0.3) is 11.1 Å². The molecule has 0 bridgehead atoms. The van der Waals surface area contributed by atoms with Gasteiger partial charge < -0.3 is 0 Å². The summed E-state index contributed by atoms with van der Waals surface area (Å²) in [5, 5.41) is 0.266. The minimum atomic E-state index is -0.305. The predicted molar refractivity (Wildman–Crippen MR) is 95.7 cm³/mol. The van der Waals surface area contributed by atoms with Gasteiger partial charge in [-0.1, -0.05) is 54.9 Å². The fraction of sp³-hybridized carbons (Fsp3) is 0.111. The number of rotatable bonds is 3. The highest BCUT2D eigenvalue weighted by Crippen LogP contribution is 2.37. The van der Waals surface area contributed by atoms with Crippen LogP contribution in [0.2, 0.25) is 5.02 Å². The number of carbonyl (C=O) groups excluding carboxylic acids is 2. The molecule has 2 aromatic carbocycles. The Morgan fingerprint density at radius 2 is 1.78 bits per heavy atom. The molecular formula is C18H14ClNO2S. The zero-order chi connectivity index (χ0) is 16.4. The van der Waals surface area contributed by atoms with Crippen LogP contribution in [0.4, 0.5) is 10.5 Å². The maximum absolute atomic E-state index is 12.7. The van der Waals surface area contributed by atoms with E-state index < -0.39 is 0 Å². The zero-order valence-corrected chi connectivity index (χ0v) is 14.0. The van der Waals surface area contributed by atoms with Crippen LogP contribution >= 0.6 is 23.4 Å². The molecule has 3 nitrogen and oxygen atoms in total. The minimum absolute atomic E-state index is 0.283. The molecule has 0 saturated carbocycles. The van der Waals surface area contributed by atoms with Crippen molar-refractivity contribution in [2.75, 3.05) is 4.90 Å². The van der Waals surface area contributed by atoms with Crippen LogP contribution in [-0.4, -0.2) is 11.1 Å². The molecule has 5 heteroatoms. The molecule has 0 aliphatic carbocycles. The van der Waals surface area contributed by atoms with Crippen molar-refractivity contribution in [2.24, 2.45) is 0 Å². The van der Waals surface area contributed by atoms with E-state index in [1.807, 2.05) is 43.3 Å². The van der Waals surface area contributed by atoms with Gasteiger partial charge in [-0.15, -0.1) is 0 Å². The molecule has 0 aromatic heterocycles. The van der Waals surface area contributed by atoms with Gasteiger partial charge in [0, 0.05) is 5.02 Å². The van der Waals surface area contributed by atoms with Crippen LogP contribution in [0.15, 0.2) is 53.4 Å². The summed E-state index contributed by atoms with van der Waals surface area (Å²) in [5.41, 5.74) is 2.34. The molecular weight excluding hydrogens is 330 g/mol. The number of hydrogen-bond donors (Lipinski definition) is 0. The van der Waals surface area contributed by atoms with Gasteiger partial charge in [0.05, 0.1) is 10.6 Å². The first kappa shape index (κ1) is 15.8. The summed E-state index contributed by atoms with van der Waals surface area (Å²) in [6.07, 6.45) is 2.42. The standard InChI is InChI=1S/C18H14ClNO2S/c1-2-12-7-4-6-10-15(12)20-17(21)16(23-18(20)22)11-13-8-3-5-9-14(13)19/h3-11H,2H2,1H3/b16-11-. The Labute approximate surface area is 143 Å². The lowest BCUT2D eigenvalue weighted by atomic mass is 10.1. The molecule has 116 valence electrons. The fourth-order valence-corrected chi connectivity index (χ4v) is 3.45. The molecule has 1 aliphatic heterocycles. The first-order valence-corrected chi connectivity index (χ1v) is 8.41. The second-order valence-corrected chi connectivity index (χ2v) is 6.42. The van der Waals surface area contributed by atoms with E-state index in [-0.39, 0.29) is 11.1 Å². The van der Waals surface area contributed by atoms with E-state index in [4.69, 9.17) is 11.6 Å². The molecule has 23 heavy (non-hydrogen) atoms. The number of nitrogens with zero attached hydrogens (tertiary/aromatic N) is 1. The lowest BCUT2D eigenvalue weighted by Crippen LogP contribution is -2.28. The molecule has 0 unspecified atom stereocenters. The number of carbonyl (C=O) groups is 2. The molecule has 3 rings (SSSR count). The summed E-state index contributed by atoms with van der Waals surface area (Å²) in [7, 11) is 0. The van der Waals surface area contributed by atoms with Crippen molar-refractivity contribution in [2.45, 2.75) is 13.3 Å². The maximum atomic E-state index is 12.7. The Balaban J connectivity index is 1.99. The molecule has 0 spiro atoms. The number of anilines is 1. The van der Waals surface area contributed by atoms with Gasteiger partial charge in [0.2, 0.25) is 0 Å². The SMILES string of the molecule is CCc1ccccc1N1C(=O)S/C(=C\c2ccccc2Cl)C1=O. The third-order valence-electron chi connectivity index (χ3n) is 3.60. The largest absolute Gasteiger partial charge is 0.298 e. The number of amides is 2. The van der Waals surface area contributed by atoms with Crippen molar-refractivity contribution in [3.8, 4) is 0 Å². The van der Waals surface area contributed by atoms with E-state index in [0.717, 1.165) is 29.3 Å². The van der Waals surface area contributed by atoms with Gasteiger partial charge in [0.1, 0.15) is 0 Å². The molecule has 2 aromatic rings. The second kappa shape index (κ2) is 6.60. The van der Waals surface area contributed by atoms with Crippen LogP contribution in [0.3, 0.4) is 0 Å². The van der Waals surface area contributed by atoms with E-state index in [0.29, 0.717) is 15.6 Å². The lowest BCUT2D eigenvalue weighted by Gasteiger charge is -2.16. The minimum Gasteiger partial charge on any atom is -0.268 e. The highest BCUT2D eigenvalue weighted by atomic mass is 35.5. The highest BCUT2D eigenvalue weighted by molar-refractivity contribution is 8.19. The third-order valence-corrected chi connectivity index (χ3v) is 4.81. The Kier molecular flexibility index (Phi) is 4.55. The number of hydrogen-bond acceptors (Lipinski definition) is 3. The van der Waals surface area contributed by atoms with Gasteiger partial charge in [0.15, 0.2) is 0 Å². The van der Waals surface area contributed by atoms with Crippen LogP contribution in [0.25, 0.3) is 6.08 Å². The van der Waals surface area contributed by atoms with Crippen molar-refractivity contribution in [1.82, 2.24) is 0 Å². The summed E-state index contributed by atoms with van der Waals surface area (Å²) >= 11 is 7.06. The topological polar surface area (TPSA) is 37.4 Å². The number of thioether (sulfide) groups is 1. The monoisotopic (exact) mass is 343 g/mol. The first-order chi connectivity index (χ1) is 11.1. The molecule has 0 radical (unpaired) electrons. The van der Waals surface area contributed by atoms with Crippen molar-refractivity contribution in [1.29, 1.82) is 0 Å². The number of aryl methyl sites for hydroxylation is 1. The zero-order valence-electron chi connectivity index (χ0n) is 12.5. The Morgan fingerprint density at radius 3 is 2.52 bits per heavy atom. The van der Waals surface area contributed by atoms with Crippen molar-refractivity contribution >= 4 is 46.3 Å². The van der Waals surface area contributed by atoms with Gasteiger partial charge in [-0.25, -0.2) is 4.90 Å². The lowest BCUT2D eigenvalue weighted by molar-refractivity contribution is -0.113. The fourth-order valence-electron chi connectivity index (χ4n) is 2.44. The molecule has 0 atom stereocenters. The molecule has 1 aliphatic rings. The smallest absolute Gasteiger partial charge is 0.268 e. The summed E-state index contributed by atoms with van der Waals surface area (Å²) in [6.45, 7) is 2.00. The predicted octanol–water partition coefficient (Wildman–Crippen LogP) is 5.14. The van der Waals surface area contributed by atoms with Crippen LogP contribution in [0.5, 0.6) is 0 Å². The third kappa shape index (κ3) is 3.05. The van der Waals surface area contributed by atoms with Crippen molar-refractivity contribution in [3.05, 3.63) is 69.6 Å². The first-order valence-electron chi connectivity index (χ1n) is 7.22. The van der Waals surface area contributed by atoms with Crippen LogP contribution < -0.4 is 4.90 Å². The van der Waals surface area contributed by atoms with Gasteiger partial charge >= 0.3 is 0 Å². The van der Waals surface area contributed by atoms with Crippen molar-refractivity contribution < 1.29 is 9.59 Å². The second-order valence-electron chi connectivity index (χ2n) is 5.02. The van der Waals surface area contributed by atoms with Gasteiger partial charge in [-0.2, -0.15) is 0 Å². The molecule has 1 heterocycles. The number of halogens is 1. The Hall–Kier alpha value is -2.04. The number of imide groups is 1. The van der Waals surface area contributed by atoms with E-state index in [2.05, 4.69) is 0 Å². The van der Waals surface area contributed by atoms with E-state index in [1.165, 1.54) is 4.90 Å². The van der Waals surface area contributed by atoms with Gasteiger partial charge in [-0.05, 0) is 47.5 Å². The molecule has 2 amide bonds. The molecule has 1 saturated heterocycles. The summed E-state index contributed by atoms with van der Waals surface area (Å²) < 4.78 is 0. The summed E-state index contributed by atoms with van der Waals surface area (Å²) in [6, 6.07) is 14.7. The number of para-hydroxylation sites is 1. The van der Waals surface area contributed by atoms with E-state index >= 15 is 0 Å². The summed E-state index contributed by atoms with van der Waals surface area (Å²) in [5.74, 6) is -0.305. The van der Waals surface area contributed by atoms with E-state index in [9.17, 15) is 9.59 Å². The quantitative estimate of drug-likeness (QED) is 0.724. The Morgan fingerprint density at radius 1 is 1.09 bits per heavy atom.